The van der Waals surface area contributed by atoms with Crippen LogP contribution in [0.4, 0.5) is 0 Å². The second kappa shape index (κ2) is 11.4. The zero-order valence-electron chi connectivity index (χ0n) is 29.1. The molecule has 7 heteroatoms. The van der Waals surface area contributed by atoms with Gasteiger partial charge in [0.1, 0.15) is 16.7 Å². The van der Waals surface area contributed by atoms with Crippen LogP contribution in [0.25, 0.3) is 116 Å². The van der Waals surface area contributed by atoms with Gasteiger partial charge in [-0.25, -0.2) is 15.0 Å². The Morgan fingerprint density at radius 1 is 0.418 bits per heavy atom. The number of hydrogen-bond acceptors (Lipinski definition) is 6. The summed E-state index contributed by atoms with van der Waals surface area (Å²) in [6.07, 6.45) is 3.53. The van der Waals surface area contributed by atoms with Gasteiger partial charge in [0.05, 0.1) is 17.2 Å². The van der Waals surface area contributed by atoms with Crippen molar-refractivity contribution in [1.29, 1.82) is 0 Å². The van der Waals surface area contributed by atoms with Crippen LogP contribution in [0.3, 0.4) is 0 Å². The smallest absolute Gasteiger partial charge is 0.164 e. The van der Waals surface area contributed by atoms with Gasteiger partial charge in [0.25, 0.3) is 0 Å². The molecule has 0 atom stereocenters. The van der Waals surface area contributed by atoms with Crippen molar-refractivity contribution in [3.63, 3.8) is 0 Å². The molecule has 0 aliphatic carbocycles. The van der Waals surface area contributed by atoms with Crippen molar-refractivity contribution >= 4 is 76.5 Å². The van der Waals surface area contributed by atoms with E-state index in [4.69, 9.17) is 23.8 Å². The first-order chi connectivity index (χ1) is 27.2. The summed E-state index contributed by atoms with van der Waals surface area (Å²) in [5.74, 6) is 1.69. The van der Waals surface area contributed by atoms with Gasteiger partial charge in [-0.15, -0.1) is 0 Å². The number of furan rings is 2. The van der Waals surface area contributed by atoms with Gasteiger partial charge in [-0.3, -0.25) is 4.98 Å². The number of aromatic nitrogens is 5. The Balaban J connectivity index is 1.10. The molecule has 0 radical (unpaired) electrons. The van der Waals surface area contributed by atoms with E-state index in [1.54, 1.807) is 12.4 Å². The maximum atomic E-state index is 6.29. The van der Waals surface area contributed by atoms with Gasteiger partial charge in [-0.1, -0.05) is 84.9 Å². The molecule has 55 heavy (non-hydrogen) atoms. The summed E-state index contributed by atoms with van der Waals surface area (Å²) in [5, 5.41) is 8.77. The first-order valence-electron chi connectivity index (χ1n) is 18.2. The Labute approximate surface area is 312 Å². The van der Waals surface area contributed by atoms with Crippen molar-refractivity contribution in [2.24, 2.45) is 0 Å². The molecule has 0 bridgehead atoms. The van der Waals surface area contributed by atoms with Crippen molar-refractivity contribution in [2.75, 3.05) is 0 Å². The fourth-order valence-electron chi connectivity index (χ4n) is 8.20. The molecule has 0 N–H and O–H groups in total. The molecule has 7 aromatic carbocycles. The minimum absolute atomic E-state index is 0.559. The second-order valence-corrected chi connectivity index (χ2v) is 13.9. The average Bonchev–Trinajstić information content (AvgIpc) is 3.92. The molecule has 5 aromatic heterocycles. The molecular weight excluding hydrogens is 679 g/mol. The van der Waals surface area contributed by atoms with Crippen molar-refractivity contribution in [3.05, 3.63) is 164 Å². The van der Waals surface area contributed by atoms with E-state index in [1.165, 1.54) is 21.5 Å². The van der Waals surface area contributed by atoms with E-state index >= 15 is 0 Å². The first kappa shape index (κ1) is 29.9. The molecule has 5 heterocycles. The Morgan fingerprint density at radius 3 is 2.04 bits per heavy atom. The molecule has 0 fully saturated rings. The standard InChI is InChI=1S/C48H27N5O2/c1-2-10-29-26-40-37(24-28(29)9-1)33-13-3-5-16-39(33)53(40)32-12-7-11-30(23-32)46-50-47(31-19-20-42-38(25-31)34-21-22-49-27-44(34)55-42)52-48(51-46)36-15-8-18-43-45(36)35-14-4-6-17-41(35)54-43/h1-27H. The topological polar surface area (TPSA) is 82.8 Å². The summed E-state index contributed by atoms with van der Waals surface area (Å²) in [5.41, 5.74) is 9.01. The first-order valence-corrected chi connectivity index (χ1v) is 18.2. The van der Waals surface area contributed by atoms with Crippen LogP contribution < -0.4 is 0 Å². The van der Waals surface area contributed by atoms with Crippen LogP contribution >= 0.6 is 0 Å². The molecule has 0 aliphatic rings. The van der Waals surface area contributed by atoms with E-state index in [0.29, 0.717) is 17.5 Å². The highest BCUT2D eigenvalue weighted by Gasteiger charge is 2.20. The Morgan fingerprint density at radius 2 is 1.13 bits per heavy atom. The Kier molecular flexibility index (Phi) is 6.21. The van der Waals surface area contributed by atoms with E-state index in [-0.39, 0.29) is 0 Å². The van der Waals surface area contributed by atoms with Crippen LogP contribution in [-0.2, 0) is 0 Å². The number of hydrogen-bond donors (Lipinski definition) is 0. The van der Waals surface area contributed by atoms with Gasteiger partial charge in [0, 0.05) is 60.9 Å². The highest BCUT2D eigenvalue weighted by atomic mass is 16.3. The van der Waals surface area contributed by atoms with Crippen LogP contribution in [0, 0.1) is 0 Å². The van der Waals surface area contributed by atoms with Crippen molar-refractivity contribution in [1.82, 2.24) is 24.5 Å². The van der Waals surface area contributed by atoms with Gasteiger partial charge in [0.15, 0.2) is 23.1 Å². The van der Waals surface area contributed by atoms with E-state index in [2.05, 4.69) is 113 Å². The summed E-state index contributed by atoms with van der Waals surface area (Å²) in [4.78, 5) is 19.9. The zero-order chi connectivity index (χ0) is 36.0. The minimum Gasteiger partial charge on any atom is -0.456 e. The molecule has 0 saturated heterocycles. The number of fused-ring (bicyclic) bond motifs is 10. The van der Waals surface area contributed by atoms with Gasteiger partial charge in [0.2, 0.25) is 0 Å². The van der Waals surface area contributed by atoms with E-state index in [9.17, 15) is 0 Å². The minimum atomic E-state index is 0.559. The molecule has 0 amide bonds. The summed E-state index contributed by atoms with van der Waals surface area (Å²) >= 11 is 0. The average molecular weight is 706 g/mol. The largest absolute Gasteiger partial charge is 0.456 e. The van der Waals surface area contributed by atoms with E-state index in [1.807, 2.05) is 48.5 Å². The van der Waals surface area contributed by atoms with E-state index in [0.717, 1.165) is 77.3 Å². The Bertz CT molecular complexity index is 3520. The second-order valence-electron chi connectivity index (χ2n) is 13.9. The number of benzene rings is 7. The SMILES string of the molecule is c1cc(-c2nc(-c3ccc4oc5cnccc5c4c3)nc(-c3cccc4oc5ccccc5c34)n2)cc(-n2c3ccccc3c3cc4ccccc4cc32)c1. The normalized spacial score (nSPS) is 12.0. The lowest BCUT2D eigenvalue weighted by molar-refractivity contribution is 0.667. The van der Waals surface area contributed by atoms with Gasteiger partial charge in [-0.05, 0) is 77.5 Å². The monoisotopic (exact) mass is 705 g/mol. The predicted molar refractivity (Wildman–Crippen MR) is 220 cm³/mol. The van der Waals surface area contributed by atoms with Crippen LogP contribution in [0.15, 0.2) is 173 Å². The van der Waals surface area contributed by atoms with Crippen molar-refractivity contribution in [3.8, 4) is 39.9 Å². The fraction of sp³-hybridized carbons (Fsp3) is 0. The third kappa shape index (κ3) is 4.57. The highest BCUT2D eigenvalue weighted by Crippen LogP contribution is 2.39. The molecule has 0 unspecified atom stereocenters. The van der Waals surface area contributed by atoms with Crippen LogP contribution in [-0.4, -0.2) is 24.5 Å². The number of pyridine rings is 1. The van der Waals surface area contributed by atoms with Crippen LogP contribution in [0.5, 0.6) is 0 Å². The molecule has 12 rings (SSSR count). The molecule has 7 nitrogen and oxygen atoms in total. The molecular formula is C48H27N5O2. The number of nitrogens with zero attached hydrogens (tertiary/aromatic N) is 5. The van der Waals surface area contributed by atoms with E-state index < -0.39 is 0 Å². The highest BCUT2D eigenvalue weighted by molar-refractivity contribution is 6.14. The quantitative estimate of drug-likeness (QED) is 0.181. The molecule has 0 spiro atoms. The summed E-state index contributed by atoms with van der Waals surface area (Å²) in [6, 6.07) is 52.4. The van der Waals surface area contributed by atoms with Gasteiger partial charge < -0.3 is 13.4 Å². The molecule has 0 aliphatic heterocycles. The predicted octanol–water partition coefficient (Wildman–Crippen LogP) is 12.3. The maximum Gasteiger partial charge on any atom is 0.164 e. The summed E-state index contributed by atoms with van der Waals surface area (Å²) < 4.78 is 14.7. The lowest BCUT2D eigenvalue weighted by Gasteiger charge is -2.12. The number of rotatable bonds is 4. The van der Waals surface area contributed by atoms with Crippen molar-refractivity contribution < 1.29 is 8.83 Å². The van der Waals surface area contributed by atoms with Gasteiger partial charge >= 0.3 is 0 Å². The lowest BCUT2D eigenvalue weighted by atomic mass is 10.0. The van der Waals surface area contributed by atoms with Crippen LogP contribution in [0.1, 0.15) is 0 Å². The Hall–Kier alpha value is -7.64. The number of para-hydroxylation sites is 2. The summed E-state index contributed by atoms with van der Waals surface area (Å²) in [6.45, 7) is 0. The third-order valence-electron chi connectivity index (χ3n) is 10.7. The maximum absolute atomic E-state index is 6.29. The molecule has 0 saturated carbocycles. The third-order valence-corrected chi connectivity index (χ3v) is 10.7. The van der Waals surface area contributed by atoms with Crippen LogP contribution in [0.2, 0.25) is 0 Å². The lowest BCUT2D eigenvalue weighted by Crippen LogP contribution is -2.01. The molecule has 256 valence electrons. The van der Waals surface area contributed by atoms with Crippen molar-refractivity contribution in [2.45, 2.75) is 0 Å². The molecule has 12 aromatic rings. The fourth-order valence-corrected chi connectivity index (χ4v) is 8.20. The van der Waals surface area contributed by atoms with Gasteiger partial charge in [-0.2, -0.15) is 0 Å². The zero-order valence-corrected chi connectivity index (χ0v) is 29.1. The summed E-state index contributed by atoms with van der Waals surface area (Å²) in [7, 11) is 0.